The van der Waals surface area contributed by atoms with Gasteiger partial charge in [0, 0.05) is 16.6 Å². The first-order valence-corrected chi connectivity index (χ1v) is 12.4. The van der Waals surface area contributed by atoms with E-state index in [1.165, 1.54) is 24.3 Å². The van der Waals surface area contributed by atoms with Gasteiger partial charge in [0.1, 0.15) is 4.90 Å². The summed E-state index contributed by atoms with van der Waals surface area (Å²) in [6.07, 6.45) is 0.396. The summed E-state index contributed by atoms with van der Waals surface area (Å²) in [7, 11) is -4.13. The summed E-state index contributed by atoms with van der Waals surface area (Å²) in [6, 6.07) is 18.1. The Morgan fingerprint density at radius 2 is 1.50 bits per heavy atom. The SMILES string of the molecule is O=C(CN(CCc1ccccc1)S(=O)(=O)c1cc(Cl)ccc1Cl)Nc1ccc(Cl)cc1Cl. The third-order valence-corrected chi connectivity index (χ3v) is 7.64. The topological polar surface area (TPSA) is 66.5 Å². The lowest BCUT2D eigenvalue weighted by atomic mass is 10.1. The molecule has 5 nitrogen and oxygen atoms in total. The number of hydrogen-bond acceptors (Lipinski definition) is 3. The standard InChI is InChI=1S/C22H18Cl4N2O3S/c23-16-7-9-20(19(26)12-16)27-22(29)14-28(11-10-15-4-2-1-3-5-15)32(30,31)21-13-17(24)6-8-18(21)25/h1-9,12-13H,10-11,14H2,(H,27,29). The van der Waals surface area contributed by atoms with Crippen LogP contribution in [-0.4, -0.2) is 31.7 Å². The fourth-order valence-corrected chi connectivity index (χ4v) is 5.53. The molecule has 0 saturated carbocycles. The zero-order valence-corrected chi connectivity index (χ0v) is 20.4. The number of carbonyl (C=O) groups is 1. The highest BCUT2D eigenvalue weighted by molar-refractivity contribution is 7.89. The Bertz CT molecular complexity index is 1220. The predicted octanol–water partition coefficient (Wildman–Crippen LogP) is 6.17. The van der Waals surface area contributed by atoms with E-state index in [-0.39, 0.29) is 26.5 Å². The first-order valence-electron chi connectivity index (χ1n) is 9.41. The van der Waals surface area contributed by atoms with E-state index < -0.39 is 22.5 Å². The number of hydrogen-bond donors (Lipinski definition) is 1. The zero-order chi connectivity index (χ0) is 23.3. The van der Waals surface area contributed by atoms with Gasteiger partial charge in [-0.1, -0.05) is 76.7 Å². The Hall–Kier alpha value is -1.80. The molecule has 0 fully saturated rings. The number of halogens is 4. The van der Waals surface area contributed by atoms with Crippen molar-refractivity contribution < 1.29 is 13.2 Å². The number of sulfonamides is 1. The molecule has 0 aliphatic heterocycles. The summed E-state index contributed by atoms with van der Waals surface area (Å²) in [5.41, 5.74) is 1.24. The lowest BCUT2D eigenvalue weighted by Gasteiger charge is -2.23. The minimum absolute atomic E-state index is 0.0141. The minimum atomic E-state index is -4.13. The molecule has 168 valence electrons. The predicted molar refractivity (Wildman–Crippen MR) is 130 cm³/mol. The molecule has 0 aliphatic rings. The molecule has 0 radical (unpaired) electrons. The molecule has 0 heterocycles. The molecule has 3 aromatic rings. The highest BCUT2D eigenvalue weighted by Crippen LogP contribution is 2.29. The van der Waals surface area contributed by atoms with Crippen LogP contribution >= 0.6 is 46.4 Å². The van der Waals surface area contributed by atoms with E-state index in [2.05, 4.69) is 5.32 Å². The van der Waals surface area contributed by atoms with Crippen LogP contribution in [-0.2, 0) is 21.2 Å². The van der Waals surface area contributed by atoms with Gasteiger partial charge >= 0.3 is 0 Å². The van der Waals surface area contributed by atoms with Gasteiger partial charge in [0.05, 0.1) is 22.3 Å². The third kappa shape index (κ3) is 6.38. The molecule has 0 aromatic heterocycles. The number of amides is 1. The monoisotopic (exact) mass is 530 g/mol. The molecule has 0 bridgehead atoms. The molecular weight excluding hydrogens is 514 g/mol. The molecule has 1 amide bonds. The van der Waals surface area contributed by atoms with Gasteiger partial charge in [0.15, 0.2) is 0 Å². The number of carbonyl (C=O) groups excluding carboxylic acids is 1. The van der Waals surface area contributed by atoms with Crippen LogP contribution in [0.5, 0.6) is 0 Å². The van der Waals surface area contributed by atoms with Gasteiger partial charge in [-0.2, -0.15) is 4.31 Å². The molecule has 0 spiro atoms. The van der Waals surface area contributed by atoms with Gasteiger partial charge in [0.25, 0.3) is 0 Å². The second-order valence-electron chi connectivity index (χ2n) is 6.82. The van der Waals surface area contributed by atoms with E-state index in [9.17, 15) is 13.2 Å². The molecule has 0 unspecified atom stereocenters. The summed E-state index contributed by atoms with van der Waals surface area (Å²) in [5, 5.41) is 3.50. The zero-order valence-electron chi connectivity index (χ0n) is 16.6. The molecule has 32 heavy (non-hydrogen) atoms. The molecule has 1 N–H and O–H groups in total. The quantitative estimate of drug-likeness (QED) is 0.378. The number of benzene rings is 3. The molecular formula is C22H18Cl4N2O3S. The Labute approximate surface area is 206 Å². The number of anilines is 1. The van der Waals surface area contributed by atoms with Gasteiger partial charge < -0.3 is 5.32 Å². The van der Waals surface area contributed by atoms with Gasteiger partial charge in [0.2, 0.25) is 15.9 Å². The van der Waals surface area contributed by atoms with Gasteiger partial charge in [-0.3, -0.25) is 4.79 Å². The van der Waals surface area contributed by atoms with Crippen LogP contribution in [0.1, 0.15) is 5.56 Å². The Kier molecular flexibility index (Phi) is 8.44. The molecule has 3 rings (SSSR count). The highest BCUT2D eigenvalue weighted by Gasteiger charge is 2.29. The van der Waals surface area contributed by atoms with Crippen molar-refractivity contribution in [2.75, 3.05) is 18.4 Å². The third-order valence-electron chi connectivity index (χ3n) is 4.53. The van der Waals surface area contributed by atoms with E-state index in [0.29, 0.717) is 17.1 Å². The summed E-state index contributed by atoms with van der Waals surface area (Å²) in [5.74, 6) is -0.566. The maximum atomic E-state index is 13.4. The van der Waals surface area contributed by atoms with Crippen molar-refractivity contribution in [3.05, 3.63) is 92.4 Å². The van der Waals surface area contributed by atoms with Gasteiger partial charge in [-0.25, -0.2) is 8.42 Å². The van der Waals surface area contributed by atoms with Gasteiger partial charge in [-0.05, 0) is 48.4 Å². The molecule has 3 aromatic carbocycles. The average Bonchev–Trinajstić information content (AvgIpc) is 2.75. The largest absolute Gasteiger partial charge is 0.324 e. The van der Waals surface area contributed by atoms with Crippen molar-refractivity contribution in [2.45, 2.75) is 11.3 Å². The smallest absolute Gasteiger partial charge is 0.245 e. The van der Waals surface area contributed by atoms with Gasteiger partial charge in [-0.15, -0.1) is 0 Å². The van der Waals surface area contributed by atoms with Crippen molar-refractivity contribution in [1.82, 2.24) is 4.31 Å². The normalized spacial score (nSPS) is 11.5. The summed E-state index contributed by atoms with van der Waals surface area (Å²) in [4.78, 5) is 12.6. The molecule has 0 atom stereocenters. The van der Waals surface area contributed by atoms with E-state index >= 15 is 0 Å². The van der Waals surface area contributed by atoms with Crippen LogP contribution in [0.15, 0.2) is 71.6 Å². The van der Waals surface area contributed by atoms with Crippen molar-refractivity contribution >= 4 is 68.0 Å². The number of rotatable bonds is 8. The highest BCUT2D eigenvalue weighted by atomic mass is 35.5. The van der Waals surface area contributed by atoms with Crippen LogP contribution in [0.25, 0.3) is 0 Å². The lowest BCUT2D eigenvalue weighted by Crippen LogP contribution is -2.39. The van der Waals surface area contributed by atoms with Crippen LogP contribution in [0.4, 0.5) is 5.69 Å². The van der Waals surface area contributed by atoms with Crippen LogP contribution in [0.3, 0.4) is 0 Å². The second-order valence-corrected chi connectivity index (χ2v) is 10.4. The van der Waals surface area contributed by atoms with Crippen LogP contribution in [0, 0.1) is 0 Å². The minimum Gasteiger partial charge on any atom is -0.324 e. The van der Waals surface area contributed by atoms with Crippen molar-refractivity contribution in [1.29, 1.82) is 0 Å². The first kappa shape index (κ1) is 24.8. The van der Waals surface area contributed by atoms with E-state index in [1.807, 2.05) is 30.3 Å². The molecule has 10 heteroatoms. The summed E-state index contributed by atoms with van der Waals surface area (Å²) < 4.78 is 27.8. The van der Waals surface area contributed by atoms with Crippen LogP contribution in [0.2, 0.25) is 20.1 Å². The van der Waals surface area contributed by atoms with Crippen molar-refractivity contribution in [3.63, 3.8) is 0 Å². The maximum Gasteiger partial charge on any atom is 0.245 e. The average molecular weight is 532 g/mol. The molecule has 0 saturated heterocycles. The summed E-state index contributed by atoms with van der Waals surface area (Å²) >= 11 is 24.1. The second kappa shape index (κ2) is 10.9. The Morgan fingerprint density at radius 1 is 0.844 bits per heavy atom. The maximum absolute atomic E-state index is 13.4. The summed E-state index contributed by atoms with van der Waals surface area (Å²) in [6.45, 7) is -0.395. The number of nitrogens with zero attached hydrogens (tertiary/aromatic N) is 1. The van der Waals surface area contributed by atoms with E-state index in [4.69, 9.17) is 46.4 Å². The fourth-order valence-electron chi connectivity index (χ4n) is 2.94. The van der Waals surface area contributed by atoms with E-state index in [0.717, 1.165) is 9.87 Å². The fraction of sp³-hybridized carbons (Fsp3) is 0.136. The van der Waals surface area contributed by atoms with Crippen LogP contribution < -0.4 is 5.32 Å². The molecule has 0 aliphatic carbocycles. The Balaban J connectivity index is 1.87. The van der Waals surface area contributed by atoms with Crippen molar-refractivity contribution in [3.8, 4) is 0 Å². The van der Waals surface area contributed by atoms with E-state index in [1.54, 1.807) is 12.1 Å². The number of nitrogens with one attached hydrogen (secondary N) is 1. The first-order chi connectivity index (χ1) is 15.2. The van der Waals surface area contributed by atoms with Crippen molar-refractivity contribution in [2.24, 2.45) is 0 Å². The lowest BCUT2D eigenvalue weighted by molar-refractivity contribution is -0.116. The Morgan fingerprint density at radius 3 is 2.19 bits per heavy atom.